The van der Waals surface area contributed by atoms with Crippen molar-refractivity contribution in [2.45, 2.75) is 0 Å². The quantitative estimate of drug-likeness (QED) is 0.461. The van der Waals surface area contributed by atoms with Gasteiger partial charge in [-0.2, -0.15) is 0 Å². The van der Waals surface area contributed by atoms with Gasteiger partial charge in [-0.05, 0) is 6.07 Å². The van der Waals surface area contributed by atoms with Crippen LogP contribution >= 0.6 is 0 Å². The average molecular weight is 186 g/mol. The van der Waals surface area contributed by atoms with E-state index < -0.39 is 5.97 Å². The molecule has 0 fully saturated rings. The topological polar surface area (TPSA) is 43.6 Å². The fourth-order valence-corrected chi connectivity index (χ4v) is 1.31. The summed E-state index contributed by atoms with van der Waals surface area (Å²) in [5.74, 6) is -0.409. The molecule has 2 radical (unpaired) electrons. The number of ether oxygens (including phenoxy) is 1. The Morgan fingerprint density at radius 3 is 3.07 bits per heavy atom. The highest BCUT2D eigenvalue weighted by Crippen LogP contribution is 2.04. The molecule has 0 saturated carbocycles. The Morgan fingerprint density at radius 2 is 2.36 bits per heavy atom. The number of carbonyl (C=O) groups is 1. The number of fused-ring (bicyclic) bond motifs is 1. The minimum Gasteiger partial charge on any atom is -0.464 e. The number of nitrogens with zero attached hydrogens (tertiary/aromatic N) is 2. The average Bonchev–Trinajstić information content (AvgIpc) is 2.67. The lowest BCUT2D eigenvalue weighted by Crippen LogP contribution is -2.14. The molecular weight excluding hydrogens is 179 g/mol. The highest BCUT2D eigenvalue weighted by Gasteiger charge is 2.10. The van der Waals surface area contributed by atoms with Crippen molar-refractivity contribution >= 4 is 24.9 Å². The van der Waals surface area contributed by atoms with Crippen LogP contribution in [0.15, 0.2) is 24.5 Å². The van der Waals surface area contributed by atoms with Crippen molar-refractivity contribution < 1.29 is 9.53 Å². The summed E-state index contributed by atoms with van der Waals surface area (Å²) < 4.78 is 6.22. The van der Waals surface area contributed by atoms with Crippen LogP contribution in [0.25, 0.3) is 5.65 Å². The van der Waals surface area contributed by atoms with E-state index in [-0.39, 0.29) is 0 Å². The van der Waals surface area contributed by atoms with Gasteiger partial charge in [0, 0.05) is 12.4 Å². The molecule has 0 aliphatic carbocycles. The smallest absolute Gasteiger partial charge is 0.355 e. The molecule has 5 heteroatoms. The number of pyridine rings is 1. The molecule has 0 unspecified atom stereocenters. The second-order valence-electron chi connectivity index (χ2n) is 2.79. The van der Waals surface area contributed by atoms with Crippen molar-refractivity contribution in [3.05, 3.63) is 30.2 Å². The summed E-state index contributed by atoms with van der Waals surface area (Å²) in [6.07, 6.45) is 3.25. The molecule has 0 aromatic carbocycles. The summed E-state index contributed by atoms with van der Waals surface area (Å²) in [7, 11) is 7.01. The van der Waals surface area contributed by atoms with E-state index in [9.17, 15) is 4.79 Å². The van der Waals surface area contributed by atoms with Gasteiger partial charge in [-0.3, -0.25) is 4.40 Å². The molecule has 0 saturated heterocycles. The predicted octanol–water partition coefficient (Wildman–Crippen LogP) is -0.0853. The van der Waals surface area contributed by atoms with Gasteiger partial charge in [-0.1, -0.05) is 11.5 Å². The molecule has 0 atom stereocenters. The van der Waals surface area contributed by atoms with E-state index in [1.165, 1.54) is 7.11 Å². The highest BCUT2D eigenvalue weighted by atomic mass is 16.5. The van der Waals surface area contributed by atoms with Gasteiger partial charge >= 0.3 is 5.97 Å². The molecule has 2 aromatic heterocycles. The largest absolute Gasteiger partial charge is 0.464 e. The Kier molecular flexibility index (Phi) is 2.00. The standard InChI is InChI=1S/C9H7BN2O2/c1-14-9(13)7-3-2-6(10)8-11-4-5-12(7)8/h2-5H,1H3. The Morgan fingerprint density at radius 1 is 1.57 bits per heavy atom. The first kappa shape index (κ1) is 8.81. The molecule has 4 nitrogen and oxygen atoms in total. The molecule has 0 aliphatic heterocycles. The SMILES string of the molecule is [B]c1ccc(C(=O)OC)n2ccnc12. The number of carbonyl (C=O) groups excluding carboxylic acids is 1. The highest BCUT2D eigenvalue weighted by molar-refractivity contribution is 6.36. The molecule has 68 valence electrons. The molecular formula is C9H7BN2O2. The van der Waals surface area contributed by atoms with Gasteiger partial charge in [0.1, 0.15) is 19.2 Å². The third-order valence-corrected chi connectivity index (χ3v) is 1.97. The third-order valence-electron chi connectivity index (χ3n) is 1.97. The van der Waals surface area contributed by atoms with Gasteiger partial charge < -0.3 is 4.74 Å². The number of esters is 1. The van der Waals surface area contributed by atoms with Crippen molar-refractivity contribution in [3.63, 3.8) is 0 Å². The van der Waals surface area contributed by atoms with E-state index in [1.807, 2.05) is 0 Å². The molecule has 14 heavy (non-hydrogen) atoms. The van der Waals surface area contributed by atoms with Crippen molar-refractivity contribution in [3.8, 4) is 0 Å². The zero-order valence-electron chi connectivity index (χ0n) is 7.60. The van der Waals surface area contributed by atoms with Crippen molar-refractivity contribution in [2.75, 3.05) is 7.11 Å². The van der Waals surface area contributed by atoms with Gasteiger partial charge in [0.25, 0.3) is 0 Å². The minimum absolute atomic E-state index is 0.409. The van der Waals surface area contributed by atoms with Crippen LogP contribution in [0.1, 0.15) is 10.5 Å². The lowest BCUT2D eigenvalue weighted by molar-refractivity contribution is 0.0592. The molecule has 0 amide bonds. The predicted molar refractivity (Wildman–Crippen MR) is 51.9 cm³/mol. The van der Waals surface area contributed by atoms with Gasteiger partial charge in [0.2, 0.25) is 0 Å². The van der Waals surface area contributed by atoms with Crippen LogP contribution in [-0.4, -0.2) is 30.3 Å². The third kappa shape index (κ3) is 1.17. The summed E-state index contributed by atoms with van der Waals surface area (Å²) in [5, 5.41) is 0. The zero-order chi connectivity index (χ0) is 10.1. The molecule has 2 aromatic rings. The van der Waals surface area contributed by atoms with E-state index in [0.29, 0.717) is 16.8 Å². The number of methoxy groups -OCH3 is 1. The van der Waals surface area contributed by atoms with Crippen LogP contribution in [0.4, 0.5) is 0 Å². The molecule has 2 heterocycles. The normalized spacial score (nSPS) is 10.4. The fraction of sp³-hybridized carbons (Fsp3) is 0.111. The summed E-state index contributed by atoms with van der Waals surface area (Å²) in [6, 6.07) is 3.24. The van der Waals surface area contributed by atoms with E-state index in [0.717, 1.165) is 0 Å². The van der Waals surface area contributed by atoms with Gasteiger partial charge in [-0.25, -0.2) is 9.78 Å². The number of imidazole rings is 1. The molecule has 0 spiro atoms. The Balaban J connectivity index is 2.72. The maximum Gasteiger partial charge on any atom is 0.355 e. The first-order valence-electron chi connectivity index (χ1n) is 4.04. The fourth-order valence-electron chi connectivity index (χ4n) is 1.31. The van der Waals surface area contributed by atoms with Gasteiger partial charge in [0.15, 0.2) is 0 Å². The first-order chi connectivity index (χ1) is 6.74. The van der Waals surface area contributed by atoms with Gasteiger partial charge in [-0.15, -0.1) is 0 Å². The summed E-state index contributed by atoms with van der Waals surface area (Å²) in [5.41, 5.74) is 1.50. The molecule has 0 N–H and O–H groups in total. The molecule has 0 bridgehead atoms. The van der Waals surface area contributed by atoms with E-state index in [4.69, 9.17) is 7.85 Å². The van der Waals surface area contributed by atoms with Crippen LogP contribution in [0.2, 0.25) is 0 Å². The maximum atomic E-state index is 11.3. The first-order valence-corrected chi connectivity index (χ1v) is 4.04. The summed E-state index contributed by atoms with van der Waals surface area (Å²) >= 11 is 0. The summed E-state index contributed by atoms with van der Waals surface area (Å²) in [4.78, 5) is 15.4. The van der Waals surface area contributed by atoms with Crippen LogP contribution in [-0.2, 0) is 4.74 Å². The van der Waals surface area contributed by atoms with E-state index in [1.54, 1.807) is 28.9 Å². The van der Waals surface area contributed by atoms with Crippen LogP contribution in [0, 0.1) is 0 Å². The van der Waals surface area contributed by atoms with E-state index >= 15 is 0 Å². The Hall–Kier alpha value is -1.78. The lowest BCUT2D eigenvalue weighted by Gasteiger charge is -2.04. The van der Waals surface area contributed by atoms with Crippen molar-refractivity contribution in [1.82, 2.24) is 9.38 Å². The molecule has 2 rings (SSSR count). The Bertz CT molecular complexity index is 493. The second kappa shape index (κ2) is 3.18. The van der Waals surface area contributed by atoms with Crippen molar-refractivity contribution in [2.24, 2.45) is 0 Å². The monoisotopic (exact) mass is 186 g/mol. The van der Waals surface area contributed by atoms with Crippen LogP contribution in [0.5, 0.6) is 0 Å². The summed E-state index contributed by atoms with van der Waals surface area (Å²) in [6.45, 7) is 0. The number of aromatic nitrogens is 2. The molecule has 0 aliphatic rings. The number of hydrogen-bond donors (Lipinski definition) is 0. The van der Waals surface area contributed by atoms with E-state index in [2.05, 4.69) is 9.72 Å². The maximum absolute atomic E-state index is 11.3. The minimum atomic E-state index is -0.409. The van der Waals surface area contributed by atoms with Crippen LogP contribution < -0.4 is 5.46 Å². The van der Waals surface area contributed by atoms with Gasteiger partial charge in [0.05, 0.1) is 7.11 Å². The number of rotatable bonds is 1. The number of hydrogen-bond acceptors (Lipinski definition) is 3. The lowest BCUT2D eigenvalue weighted by atomic mass is 9.97. The van der Waals surface area contributed by atoms with Crippen molar-refractivity contribution in [1.29, 1.82) is 0 Å². The zero-order valence-corrected chi connectivity index (χ0v) is 7.60. The second-order valence-corrected chi connectivity index (χ2v) is 2.79. The van der Waals surface area contributed by atoms with Crippen LogP contribution in [0.3, 0.4) is 0 Å². The Labute approximate surface area is 81.9 Å².